The van der Waals surface area contributed by atoms with Crippen LogP contribution in [0.2, 0.25) is 0 Å². The third-order valence-corrected chi connectivity index (χ3v) is 5.53. The first-order valence-corrected chi connectivity index (χ1v) is 10.5. The van der Waals surface area contributed by atoms with E-state index < -0.39 is 0 Å². The molecule has 0 spiro atoms. The second-order valence-corrected chi connectivity index (χ2v) is 7.84. The fraction of sp³-hybridized carbons (Fsp3) is 0.115. The standard InChI is InChI=1S/C26H21FN4O/c27-21-10-4-8-18(12-21)20-15-28-26(29-16-20)30-22-11-5-9-19(13-22)25(32)31-24-14-23(24)17-6-2-1-3-7-17/h1-13,15-16,23-24H,14H2,(H,31,32)(H,28,29,30)/t23-,24+/m0/s1. The molecule has 4 aromatic rings. The maximum atomic E-state index is 13.4. The lowest BCUT2D eigenvalue weighted by Gasteiger charge is -2.09. The van der Waals surface area contributed by atoms with E-state index in [4.69, 9.17) is 0 Å². The van der Waals surface area contributed by atoms with Gasteiger partial charge in [-0.2, -0.15) is 0 Å². The first-order chi connectivity index (χ1) is 15.7. The van der Waals surface area contributed by atoms with Crippen molar-refractivity contribution >= 4 is 17.5 Å². The Hall–Kier alpha value is -4.06. The molecular weight excluding hydrogens is 403 g/mol. The van der Waals surface area contributed by atoms with E-state index in [-0.39, 0.29) is 17.8 Å². The minimum Gasteiger partial charge on any atom is -0.349 e. The van der Waals surface area contributed by atoms with Crippen molar-refractivity contribution < 1.29 is 9.18 Å². The third kappa shape index (κ3) is 4.49. The highest BCUT2D eigenvalue weighted by Gasteiger charge is 2.39. The molecule has 1 saturated carbocycles. The van der Waals surface area contributed by atoms with Crippen LogP contribution in [0, 0.1) is 5.82 Å². The number of carbonyl (C=O) groups is 1. The summed E-state index contributed by atoms with van der Waals surface area (Å²) in [5.41, 5.74) is 3.98. The molecule has 32 heavy (non-hydrogen) atoms. The molecule has 2 atom stereocenters. The van der Waals surface area contributed by atoms with Crippen molar-refractivity contribution in [3.8, 4) is 11.1 Å². The van der Waals surface area contributed by atoms with Crippen LogP contribution in [0.15, 0.2) is 91.3 Å². The number of anilines is 2. The van der Waals surface area contributed by atoms with E-state index in [0.29, 0.717) is 28.7 Å². The Balaban J connectivity index is 1.23. The number of amides is 1. The largest absolute Gasteiger partial charge is 0.349 e. The van der Waals surface area contributed by atoms with E-state index in [2.05, 4.69) is 32.7 Å². The van der Waals surface area contributed by atoms with Gasteiger partial charge in [0.2, 0.25) is 5.95 Å². The van der Waals surface area contributed by atoms with Crippen LogP contribution >= 0.6 is 0 Å². The van der Waals surface area contributed by atoms with Crippen LogP contribution in [0.25, 0.3) is 11.1 Å². The van der Waals surface area contributed by atoms with Crippen molar-refractivity contribution in [1.82, 2.24) is 15.3 Å². The molecule has 0 unspecified atom stereocenters. The van der Waals surface area contributed by atoms with Crippen molar-refractivity contribution in [3.05, 3.63) is 108 Å². The van der Waals surface area contributed by atoms with Gasteiger partial charge >= 0.3 is 0 Å². The second-order valence-electron chi connectivity index (χ2n) is 7.84. The van der Waals surface area contributed by atoms with Crippen molar-refractivity contribution in [2.24, 2.45) is 0 Å². The van der Waals surface area contributed by atoms with E-state index in [9.17, 15) is 9.18 Å². The SMILES string of the molecule is O=C(N[C@@H]1C[C@H]1c1ccccc1)c1cccc(Nc2ncc(-c3cccc(F)c3)cn2)c1. The Kier molecular flexibility index (Phi) is 5.34. The summed E-state index contributed by atoms with van der Waals surface area (Å²) in [5.74, 6) is 0.376. The average molecular weight is 424 g/mol. The molecule has 1 aliphatic rings. The summed E-state index contributed by atoms with van der Waals surface area (Å²) < 4.78 is 13.4. The van der Waals surface area contributed by atoms with Crippen molar-refractivity contribution in [3.63, 3.8) is 0 Å². The normalized spacial score (nSPS) is 16.9. The molecule has 6 heteroatoms. The summed E-state index contributed by atoms with van der Waals surface area (Å²) in [6.45, 7) is 0. The summed E-state index contributed by atoms with van der Waals surface area (Å²) in [5, 5.41) is 6.23. The topological polar surface area (TPSA) is 66.9 Å². The van der Waals surface area contributed by atoms with Crippen LogP contribution in [0.3, 0.4) is 0 Å². The number of aromatic nitrogens is 2. The Labute approximate surface area is 185 Å². The maximum absolute atomic E-state index is 13.4. The predicted octanol–water partition coefficient (Wildman–Crippen LogP) is 5.31. The van der Waals surface area contributed by atoms with E-state index in [1.165, 1.54) is 17.7 Å². The van der Waals surface area contributed by atoms with Crippen LogP contribution in [-0.2, 0) is 0 Å². The third-order valence-electron chi connectivity index (χ3n) is 5.53. The fourth-order valence-electron chi connectivity index (χ4n) is 3.75. The molecule has 158 valence electrons. The quantitative estimate of drug-likeness (QED) is 0.440. The van der Waals surface area contributed by atoms with Gasteiger partial charge in [0.1, 0.15) is 5.82 Å². The molecule has 0 radical (unpaired) electrons. The molecule has 1 aromatic heterocycles. The molecule has 1 heterocycles. The highest BCUT2D eigenvalue weighted by Crippen LogP contribution is 2.40. The molecule has 1 amide bonds. The molecular formula is C26H21FN4O. The van der Waals surface area contributed by atoms with Gasteiger partial charge in [-0.25, -0.2) is 14.4 Å². The zero-order chi connectivity index (χ0) is 21.9. The van der Waals surface area contributed by atoms with Crippen molar-refractivity contribution in [1.29, 1.82) is 0 Å². The lowest BCUT2D eigenvalue weighted by Crippen LogP contribution is -2.26. The summed E-state index contributed by atoms with van der Waals surface area (Å²) in [4.78, 5) is 21.3. The van der Waals surface area contributed by atoms with Gasteiger partial charge in [-0.1, -0.05) is 48.5 Å². The zero-order valence-corrected chi connectivity index (χ0v) is 17.2. The molecule has 5 rings (SSSR count). The molecule has 5 nitrogen and oxygen atoms in total. The second kappa shape index (κ2) is 8.59. The van der Waals surface area contributed by atoms with Crippen LogP contribution in [0.5, 0.6) is 0 Å². The van der Waals surface area contributed by atoms with Gasteiger partial charge in [0.05, 0.1) is 0 Å². The molecule has 0 saturated heterocycles. The van der Waals surface area contributed by atoms with Crippen LogP contribution < -0.4 is 10.6 Å². The number of rotatable bonds is 6. The molecule has 0 aliphatic heterocycles. The van der Waals surface area contributed by atoms with Gasteiger partial charge in [-0.3, -0.25) is 4.79 Å². The molecule has 1 aliphatic carbocycles. The summed E-state index contributed by atoms with van der Waals surface area (Å²) in [6.07, 6.45) is 4.23. The first kappa shape index (κ1) is 19.9. The summed E-state index contributed by atoms with van der Waals surface area (Å²) in [6, 6.07) is 23.9. The number of carbonyl (C=O) groups excluding carboxylic acids is 1. The number of hydrogen-bond donors (Lipinski definition) is 2. The van der Waals surface area contributed by atoms with Gasteiger partial charge in [0, 0.05) is 41.2 Å². The number of nitrogens with zero attached hydrogens (tertiary/aromatic N) is 2. The van der Waals surface area contributed by atoms with Gasteiger partial charge < -0.3 is 10.6 Å². The smallest absolute Gasteiger partial charge is 0.251 e. The Bertz CT molecular complexity index is 1240. The highest BCUT2D eigenvalue weighted by atomic mass is 19.1. The van der Waals surface area contributed by atoms with Gasteiger partial charge in [-0.15, -0.1) is 0 Å². The molecule has 2 N–H and O–H groups in total. The highest BCUT2D eigenvalue weighted by molar-refractivity contribution is 5.95. The minimum atomic E-state index is -0.305. The minimum absolute atomic E-state index is 0.0977. The lowest BCUT2D eigenvalue weighted by molar-refractivity contribution is 0.0950. The predicted molar refractivity (Wildman–Crippen MR) is 122 cm³/mol. The maximum Gasteiger partial charge on any atom is 0.251 e. The van der Waals surface area contributed by atoms with E-state index in [0.717, 1.165) is 12.0 Å². The van der Waals surface area contributed by atoms with Crippen LogP contribution in [-0.4, -0.2) is 21.9 Å². The van der Waals surface area contributed by atoms with Gasteiger partial charge in [0.25, 0.3) is 5.91 Å². The van der Waals surface area contributed by atoms with E-state index >= 15 is 0 Å². The average Bonchev–Trinajstić information content (AvgIpc) is 3.59. The van der Waals surface area contributed by atoms with Gasteiger partial charge in [0.15, 0.2) is 0 Å². The molecule has 0 bridgehead atoms. The number of halogens is 1. The monoisotopic (exact) mass is 424 g/mol. The number of nitrogens with one attached hydrogen (secondary N) is 2. The summed E-state index contributed by atoms with van der Waals surface area (Å²) in [7, 11) is 0. The fourth-order valence-corrected chi connectivity index (χ4v) is 3.75. The molecule has 3 aromatic carbocycles. The van der Waals surface area contributed by atoms with E-state index in [1.54, 1.807) is 36.7 Å². The number of hydrogen-bond acceptors (Lipinski definition) is 4. The van der Waals surface area contributed by atoms with Crippen LogP contribution in [0.4, 0.5) is 16.0 Å². The Morgan fingerprint density at radius 1 is 0.875 bits per heavy atom. The van der Waals surface area contributed by atoms with Gasteiger partial charge in [-0.05, 0) is 47.9 Å². The number of benzene rings is 3. The van der Waals surface area contributed by atoms with E-state index in [1.807, 2.05) is 30.3 Å². The Morgan fingerprint density at radius 2 is 1.66 bits per heavy atom. The Morgan fingerprint density at radius 3 is 2.44 bits per heavy atom. The van der Waals surface area contributed by atoms with Crippen molar-refractivity contribution in [2.75, 3.05) is 5.32 Å². The molecule has 1 fully saturated rings. The summed E-state index contributed by atoms with van der Waals surface area (Å²) >= 11 is 0. The van der Waals surface area contributed by atoms with Crippen LogP contribution in [0.1, 0.15) is 28.3 Å². The van der Waals surface area contributed by atoms with Crippen molar-refractivity contribution in [2.45, 2.75) is 18.4 Å². The lowest BCUT2D eigenvalue weighted by atomic mass is 10.1. The zero-order valence-electron chi connectivity index (χ0n) is 17.2. The first-order valence-electron chi connectivity index (χ1n) is 10.5.